The van der Waals surface area contributed by atoms with Gasteiger partial charge in [0.25, 0.3) is 0 Å². The molecule has 1 aliphatic carbocycles. The van der Waals surface area contributed by atoms with Gasteiger partial charge < -0.3 is 11.1 Å². The van der Waals surface area contributed by atoms with E-state index in [9.17, 15) is 17.6 Å². The van der Waals surface area contributed by atoms with E-state index in [4.69, 9.17) is 5.73 Å². The fourth-order valence-corrected chi connectivity index (χ4v) is 4.46. The van der Waals surface area contributed by atoms with Crippen molar-refractivity contribution in [2.24, 2.45) is 0 Å². The number of sulfone groups is 1. The SMILES string of the molecule is CC(C(=O)Nc1ccc(F)cc1N)S(=O)(=O)C1CCCC1. The summed E-state index contributed by atoms with van der Waals surface area (Å²) in [5.41, 5.74) is 5.88. The van der Waals surface area contributed by atoms with Crippen LogP contribution in [0.15, 0.2) is 18.2 Å². The van der Waals surface area contributed by atoms with E-state index in [-0.39, 0.29) is 11.4 Å². The maximum Gasteiger partial charge on any atom is 0.242 e. The first kappa shape index (κ1) is 15.8. The van der Waals surface area contributed by atoms with Crippen molar-refractivity contribution in [2.75, 3.05) is 11.1 Å². The second-order valence-corrected chi connectivity index (χ2v) is 7.91. The predicted octanol–water partition coefficient (Wildman–Crippen LogP) is 2.09. The third kappa shape index (κ3) is 3.34. The fraction of sp³-hybridized carbons (Fsp3) is 0.500. The number of carbonyl (C=O) groups is 1. The lowest BCUT2D eigenvalue weighted by Gasteiger charge is -2.18. The maximum absolute atomic E-state index is 12.9. The lowest BCUT2D eigenvalue weighted by molar-refractivity contribution is -0.115. The van der Waals surface area contributed by atoms with E-state index in [1.807, 2.05) is 0 Å². The monoisotopic (exact) mass is 314 g/mol. The molecule has 5 nitrogen and oxygen atoms in total. The highest BCUT2D eigenvalue weighted by atomic mass is 32.2. The van der Waals surface area contributed by atoms with Crippen molar-refractivity contribution < 1.29 is 17.6 Å². The zero-order valence-corrected chi connectivity index (χ0v) is 12.6. The molecule has 2 rings (SSSR count). The van der Waals surface area contributed by atoms with Crippen molar-refractivity contribution in [3.8, 4) is 0 Å². The highest BCUT2D eigenvalue weighted by molar-refractivity contribution is 7.93. The van der Waals surface area contributed by atoms with E-state index in [0.29, 0.717) is 12.8 Å². The summed E-state index contributed by atoms with van der Waals surface area (Å²) < 4.78 is 37.7. The van der Waals surface area contributed by atoms with E-state index in [1.54, 1.807) is 0 Å². The second-order valence-electron chi connectivity index (χ2n) is 5.36. The van der Waals surface area contributed by atoms with Crippen molar-refractivity contribution in [1.29, 1.82) is 0 Å². The van der Waals surface area contributed by atoms with Crippen molar-refractivity contribution in [3.63, 3.8) is 0 Å². The number of hydrogen-bond donors (Lipinski definition) is 2. The van der Waals surface area contributed by atoms with Crippen LogP contribution in [0.4, 0.5) is 15.8 Å². The number of nitrogens with two attached hydrogens (primary N) is 1. The summed E-state index contributed by atoms with van der Waals surface area (Å²) in [6.45, 7) is 1.38. The molecule has 1 aliphatic rings. The molecule has 1 saturated carbocycles. The van der Waals surface area contributed by atoms with Crippen LogP contribution in [0.1, 0.15) is 32.6 Å². The highest BCUT2D eigenvalue weighted by Crippen LogP contribution is 2.28. The summed E-state index contributed by atoms with van der Waals surface area (Å²) in [6.07, 6.45) is 2.98. The molecule has 0 heterocycles. The minimum absolute atomic E-state index is 0.0637. The molecule has 116 valence electrons. The van der Waals surface area contributed by atoms with Crippen LogP contribution in [0.2, 0.25) is 0 Å². The van der Waals surface area contributed by atoms with Gasteiger partial charge in [-0.05, 0) is 38.0 Å². The smallest absolute Gasteiger partial charge is 0.242 e. The molecule has 0 radical (unpaired) electrons. The van der Waals surface area contributed by atoms with Gasteiger partial charge in [-0.2, -0.15) is 0 Å². The number of nitrogen functional groups attached to an aromatic ring is 1. The van der Waals surface area contributed by atoms with E-state index in [0.717, 1.165) is 25.0 Å². The summed E-state index contributed by atoms with van der Waals surface area (Å²) >= 11 is 0. The van der Waals surface area contributed by atoms with Gasteiger partial charge >= 0.3 is 0 Å². The molecule has 1 fully saturated rings. The Morgan fingerprint density at radius 3 is 2.57 bits per heavy atom. The minimum Gasteiger partial charge on any atom is -0.397 e. The molecule has 1 aromatic rings. The van der Waals surface area contributed by atoms with Crippen LogP contribution in [-0.2, 0) is 14.6 Å². The van der Waals surface area contributed by atoms with Crippen LogP contribution in [-0.4, -0.2) is 24.8 Å². The molecule has 0 spiro atoms. The summed E-state index contributed by atoms with van der Waals surface area (Å²) in [6, 6.07) is 3.55. The van der Waals surface area contributed by atoms with Crippen molar-refractivity contribution in [1.82, 2.24) is 0 Å². The van der Waals surface area contributed by atoms with Gasteiger partial charge in [0, 0.05) is 0 Å². The molecular formula is C14H19FN2O3S. The summed E-state index contributed by atoms with van der Waals surface area (Å²) in [7, 11) is -3.51. The van der Waals surface area contributed by atoms with Crippen LogP contribution < -0.4 is 11.1 Å². The van der Waals surface area contributed by atoms with Gasteiger partial charge in [-0.1, -0.05) is 12.8 Å². The second kappa shape index (κ2) is 6.01. The lowest BCUT2D eigenvalue weighted by atomic mass is 10.2. The fourth-order valence-electron chi connectivity index (χ4n) is 2.54. The van der Waals surface area contributed by atoms with Gasteiger partial charge in [0.05, 0.1) is 16.6 Å². The first-order chi connectivity index (χ1) is 9.82. The molecule has 0 bridgehead atoms. The van der Waals surface area contributed by atoms with Crippen LogP contribution >= 0.6 is 0 Å². The Kier molecular flexibility index (Phi) is 4.51. The Morgan fingerprint density at radius 1 is 1.38 bits per heavy atom. The van der Waals surface area contributed by atoms with Crippen molar-refractivity contribution in [3.05, 3.63) is 24.0 Å². The number of nitrogens with one attached hydrogen (secondary N) is 1. The molecule has 0 aromatic heterocycles. The summed E-state index contributed by atoms with van der Waals surface area (Å²) in [5.74, 6) is -1.16. The number of hydrogen-bond acceptors (Lipinski definition) is 4. The Labute approximate surface area is 123 Å². The van der Waals surface area contributed by atoms with Crippen LogP contribution in [0, 0.1) is 5.82 Å². The van der Waals surface area contributed by atoms with Crippen LogP contribution in [0.3, 0.4) is 0 Å². The minimum atomic E-state index is -3.51. The average Bonchev–Trinajstić information content (AvgIpc) is 2.95. The predicted molar refractivity (Wildman–Crippen MR) is 80.1 cm³/mol. The molecule has 0 aliphatic heterocycles. The Balaban J connectivity index is 2.12. The number of anilines is 2. The standard InChI is InChI=1S/C14H19FN2O3S/c1-9(21(19,20)11-4-2-3-5-11)14(18)17-13-7-6-10(15)8-12(13)16/h6-9,11H,2-5,16H2,1H3,(H,17,18). The largest absolute Gasteiger partial charge is 0.397 e. The van der Waals surface area contributed by atoms with Crippen LogP contribution in [0.5, 0.6) is 0 Å². The Bertz CT molecular complexity index is 640. The van der Waals surface area contributed by atoms with Gasteiger partial charge in [0.1, 0.15) is 11.1 Å². The molecule has 1 amide bonds. The molecule has 1 atom stereocenters. The third-order valence-electron chi connectivity index (χ3n) is 3.90. The molecule has 7 heteroatoms. The topological polar surface area (TPSA) is 89.3 Å². The van der Waals surface area contributed by atoms with Gasteiger partial charge in [-0.3, -0.25) is 4.79 Å². The zero-order valence-electron chi connectivity index (χ0n) is 11.8. The van der Waals surface area contributed by atoms with E-state index in [1.165, 1.54) is 13.0 Å². The number of rotatable bonds is 4. The Hall–Kier alpha value is -1.63. The van der Waals surface area contributed by atoms with Gasteiger partial charge in [0.2, 0.25) is 5.91 Å². The third-order valence-corrected chi connectivity index (χ3v) is 6.50. The first-order valence-corrected chi connectivity index (χ1v) is 8.52. The van der Waals surface area contributed by atoms with Crippen molar-refractivity contribution in [2.45, 2.75) is 43.1 Å². The van der Waals surface area contributed by atoms with E-state index < -0.39 is 32.1 Å². The van der Waals surface area contributed by atoms with E-state index >= 15 is 0 Å². The quantitative estimate of drug-likeness (QED) is 0.833. The summed E-state index contributed by atoms with van der Waals surface area (Å²) in [5, 5.41) is 0.868. The lowest BCUT2D eigenvalue weighted by Crippen LogP contribution is -2.37. The molecule has 0 saturated heterocycles. The van der Waals surface area contributed by atoms with Gasteiger partial charge in [0.15, 0.2) is 9.84 Å². The van der Waals surface area contributed by atoms with E-state index in [2.05, 4.69) is 5.32 Å². The van der Waals surface area contributed by atoms with Crippen LogP contribution in [0.25, 0.3) is 0 Å². The van der Waals surface area contributed by atoms with Gasteiger partial charge in [-0.15, -0.1) is 0 Å². The molecule has 3 N–H and O–H groups in total. The maximum atomic E-state index is 12.9. The Morgan fingerprint density at radius 2 is 2.00 bits per heavy atom. The normalized spacial score (nSPS) is 17.6. The highest BCUT2D eigenvalue weighted by Gasteiger charge is 2.37. The molecule has 1 unspecified atom stereocenters. The van der Waals surface area contributed by atoms with Gasteiger partial charge in [-0.25, -0.2) is 12.8 Å². The molecule has 21 heavy (non-hydrogen) atoms. The number of benzene rings is 1. The number of amides is 1. The number of halogens is 1. The number of carbonyl (C=O) groups excluding carboxylic acids is 1. The zero-order chi connectivity index (χ0) is 15.6. The summed E-state index contributed by atoms with van der Waals surface area (Å²) in [4.78, 5) is 12.1. The first-order valence-electron chi connectivity index (χ1n) is 6.91. The average molecular weight is 314 g/mol. The van der Waals surface area contributed by atoms with Crippen molar-refractivity contribution >= 4 is 27.1 Å². The molecule has 1 aromatic carbocycles. The molecular weight excluding hydrogens is 295 g/mol.